The Hall–Kier alpha value is -2.83. The van der Waals surface area contributed by atoms with Crippen LogP contribution >= 0.6 is 22.9 Å². The number of hydrogen-bond acceptors (Lipinski definition) is 6. The lowest BCUT2D eigenvalue weighted by atomic mass is 10.3. The van der Waals surface area contributed by atoms with E-state index in [0.29, 0.717) is 16.4 Å². The molecule has 1 fully saturated rings. The predicted octanol–water partition coefficient (Wildman–Crippen LogP) is 3.73. The van der Waals surface area contributed by atoms with Crippen LogP contribution in [-0.4, -0.2) is 59.0 Å². The van der Waals surface area contributed by atoms with Crippen LogP contribution in [0, 0.1) is 0 Å². The number of carboxylic acid groups (broad SMARTS) is 1. The summed E-state index contributed by atoms with van der Waals surface area (Å²) < 4.78 is 33.4. The lowest BCUT2D eigenvalue weighted by Gasteiger charge is -2.21. The van der Waals surface area contributed by atoms with Gasteiger partial charge in [0.05, 0.1) is 16.2 Å². The number of halogens is 4. The lowest BCUT2D eigenvalue weighted by Crippen LogP contribution is -2.29. The summed E-state index contributed by atoms with van der Waals surface area (Å²) in [6.07, 6.45) is -4.00. The van der Waals surface area contributed by atoms with E-state index in [9.17, 15) is 18.0 Å². The van der Waals surface area contributed by atoms with Gasteiger partial charge in [-0.25, -0.2) is 9.31 Å². The molecule has 0 saturated carbocycles. The van der Waals surface area contributed by atoms with Crippen LogP contribution in [0.4, 0.5) is 24.7 Å². The minimum atomic E-state index is -5.08. The second-order valence-electron chi connectivity index (χ2n) is 6.73. The molecule has 13 heteroatoms. The fraction of sp³-hybridized carbons (Fsp3) is 0.316. The van der Waals surface area contributed by atoms with E-state index in [2.05, 4.69) is 15.5 Å². The SMILES string of the molecule is O=C(Nc1cscc1Cl)c1ccc2ccc(N3CCCNCC3)nn12.O=C(O)C(F)(F)F. The van der Waals surface area contributed by atoms with Crippen molar-refractivity contribution < 1.29 is 27.9 Å². The Balaban J connectivity index is 0.000000360. The van der Waals surface area contributed by atoms with Crippen molar-refractivity contribution in [1.29, 1.82) is 0 Å². The minimum Gasteiger partial charge on any atom is -0.475 e. The molecule has 0 aliphatic carbocycles. The van der Waals surface area contributed by atoms with Gasteiger partial charge in [0.25, 0.3) is 5.91 Å². The molecule has 3 N–H and O–H groups in total. The van der Waals surface area contributed by atoms with Crippen molar-refractivity contribution in [3.63, 3.8) is 0 Å². The van der Waals surface area contributed by atoms with E-state index in [1.54, 1.807) is 16.0 Å². The van der Waals surface area contributed by atoms with Gasteiger partial charge in [-0.2, -0.15) is 13.2 Å². The number of thiophene rings is 1. The third-order valence-electron chi connectivity index (χ3n) is 4.49. The maximum atomic E-state index is 12.6. The second kappa shape index (κ2) is 10.2. The molecular weight excluding hydrogens is 471 g/mol. The van der Waals surface area contributed by atoms with Gasteiger partial charge in [-0.15, -0.1) is 16.4 Å². The maximum Gasteiger partial charge on any atom is 0.490 e. The summed E-state index contributed by atoms with van der Waals surface area (Å²) in [5, 5.41) is 22.2. The van der Waals surface area contributed by atoms with E-state index in [-0.39, 0.29) is 5.91 Å². The Bertz CT molecular complexity index is 1090. The van der Waals surface area contributed by atoms with Crippen molar-refractivity contribution in [3.05, 3.63) is 45.7 Å². The topological polar surface area (TPSA) is 99.0 Å². The molecule has 0 unspecified atom stereocenters. The van der Waals surface area contributed by atoms with Crippen LogP contribution in [-0.2, 0) is 4.79 Å². The number of aliphatic carboxylic acids is 1. The Morgan fingerprint density at radius 2 is 1.88 bits per heavy atom. The summed E-state index contributed by atoms with van der Waals surface area (Å²) in [5.41, 5.74) is 2.01. The van der Waals surface area contributed by atoms with Crippen LogP contribution < -0.4 is 15.5 Å². The molecule has 3 aromatic rings. The molecule has 32 heavy (non-hydrogen) atoms. The first kappa shape index (κ1) is 23.8. The highest BCUT2D eigenvalue weighted by atomic mass is 35.5. The van der Waals surface area contributed by atoms with Gasteiger partial charge >= 0.3 is 12.1 Å². The summed E-state index contributed by atoms with van der Waals surface area (Å²) >= 11 is 7.52. The predicted molar refractivity (Wildman–Crippen MR) is 116 cm³/mol. The normalized spacial score (nSPS) is 14.4. The van der Waals surface area contributed by atoms with Crippen LogP contribution in [0.25, 0.3) is 5.52 Å². The van der Waals surface area contributed by atoms with Crippen molar-refractivity contribution in [2.75, 3.05) is 36.4 Å². The molecule has 1 aliphatic rings. The lowest BCUT2D eigenvalue weighted by molar-refractivity contribution is -0.192. The molecule has 4 heterocycles. The Labute approximate surface area is 189 Å². The van der Waals surface area contributed by atoms with Crippen molar-refractivity contribution in [2.45, 2.75) is 12.6 Å². The molecule has 0 aromatic carbocycles. The standard InChI is InChI=1S/C17H18ClN5OS.C2HF3O2/c18-13-10-25-11-14(13)20-17(24)15-4-2-12-3-5-16(21-23(12)15)22-8-1-6-19-7-9-22;3-2(4,5)1(6)7/h2-5,10-11,19H,1,6-9H2,(H,20,24);(H,6,7). The molecule has 172 valence electrons. The number of hydrogen-bond donors (Lipinski definition) is 3. The second-order valence-corrected chi connectivity index (χ2v) is 7.88. The fourth-order valence-corrected chi connectivity index (χ4v) is 3.91. The third kappa shape index (κ3) is 5.90. The molecule has 1 amide bonds. The fourth-order valence-electron chi connectivity index (χ4n) is 2.95. The zero-order valence-corrected chi connectivity index (χ0v) is 18.1. The average molecular weight is 490 g/mol. The number of amides is 1. The molecule has 8 nitrogen and oxygen atoms in total. The zero-order valence-electron chi connectivity index (χ0n) is 16.5. The van der Waals surface area contributed by atoms with E-state index >= 15 is 0 Å². The number of carboxylic acids is 1. The van der Waals surface area contributed by atoms with E-state index in [4.69, 9.17) is 26.6 Å². The molecule has 0 bridgehead atoms. The Morgan fingerprint density at radius 1 is 1.16 bits per heavy atom. The number of carbonyl (C=O) groups is 2. The molecular formula is C19H19ClF3N5O3S. The van der Waals surface area contributed by atoms with Gasteiger partial charge in [0, 0.05) is 30.4 Å². The molecule has 3 aromatic heterocycles. The Kier molecular flexibility index (Phi) is 7.59. The first-order valence-electron chi connectivity index (χ1n) is 9.44. The highest BCUT2D eigenvalue weighted by Gasteiger charge is 2.38. The van der Waals surface area contributed by atoms with Crippen molar-refractivity contribution in [1.82, 2.24) is 14.9 Å². The quantitative estimate of drug-likeness (QED) is 0.518. The Morgan fingerprint density at radius 3 is 2.53 bits per heavy atom. The van der Waals surface area contributed by atoms with Crippen LogP contribution in [0.1, 0.15) is 16.9 Å². The maximum absolute atomic E-state index is 12.6. The van der Waals surface area contributed by atoms with E-state index in [1.807, 2.05) is 23.6 Å². The summed E-state index contributed by atoms with van der Waals surface area (Å²) in [5.74, 6) is -2.09. The smallest absolute Gasteiger partial charge is 0.475 e. The number of fused-ring (bicyclic) bond motifs is 1. The highest BCUT2D eigenvalue weighted by Crippen LogP contribution is 2.26. The van der Waals surface area contributed by atoms with Gasteiger partial charge in [0.1, 0.15) is 11.5 Å². The average Bonchev–Trinajstić information content (AvgIpc) is 3.23. The van der Waals surface area contributed by atoms with Crippen LogP contribution in [0.3, 0.4) is 0 Å². The number of nitrogens with zero attached hydrogens (tertiary/aromatic N) is 3. The van der Waals surface area contributed by atoms with Crippen LogP contribution in [0.5, 0.6) is 0 Å². The van der Waals surface area contributed by atoms with Gasteiger partial charge in [0.15, 0.2) is 0 Å². The summed E-state index contributed by atoms with van der Waals surface area (Å²) in [4.78, 5) is 23.8. The van der Waals surface area contributed by atoms with Crippen molar-refractivity contribution >= 4 is 51.8 Å². The van der Waals surface area contributed by atoms with Crippen molar-refractivity contribution in [2.24, 2.45) is 0 Å². The van der Waals surface area contributed by atoms with E-state index in [1.165, 1.54) is 11.3 Å². The minimum absolute atomic E-state index is 0.220. The van der Waals surface area contributed by atoms with Gasteiger partial charge < -0.3 is 20.6 Å². The summed E-state index contributed by atoms with van der Waals surface area (Å²) in [7, 11) is 0. The van der Waals surface area contributed by atoms with Crippen LogP contribution in [0.2, 0.25) is 5.02 Å². The number of nitrogens with one attached hydrogen (secondary N) is 2. The van der Waals surface area contributed by atoms with Gasteiger partial charge in [-0.1, -0.05) is 11.6 Å². The number of anilines is 2. The van der Waals surface area contributed by atoms with Gasteiger partial charge in [0.2, 0.25) is 0 Å². The van der Waals surface area contributed by atoms with Gasteiger partial charge in [-0.3, -0.25) is 4.79 Å². The molecule has 0 spiro atoms. The zero-order chi connectivity index (χ0) is 23.3. The molecule has 1 aliphatic heterocycles. The largest absolute Gasteiger partial charge is 0.490 e. The van der Waals surface area contributed by atoms with E-state index in [0.717, 1.165) is 43.9 Å². The first-order valence-corrected chi connectivity index (χ1v) is 10.8. The number of aromatic nitrogens is 2. The summed E-state index contributed by atoms with van der Waals surface area (Å²) in [6.45, 7) is 3.83. The molecule has 0 atom stereocenters. The van der Waals surface area contributed by atoms with Gasteiger partial charge in [-0.05, 0) is 37.2 Å². The molecule has 4 rings (SSSR count). The highest BCUT2D eigenvalue weighted by molar-refractivity contribution is 7.09. The number of rotatable bonds is 3. The monoisotopic (exact) mass is 489 g/mol. The molecule has 0 radical (unpaired) electrons. The molecule has 1 saturated heterocycles. The van der Waals surface area contributed by atoms with E-state index < -0.39 is 12.1 Å². The number of alkyl halides is 3. The van der Waals surface area contributed by atoms with Crippen LogP contribution in [0.15, 0.2) is 35.0 Å². The van der Waals surface area contributed by atoms with Crippen molar-refractivity contribution in [3.8, 4) is 0 Å². The first-order chi connectivity index (χ1) is 15.2. The number of carbonyl (C=O) groups excluding carboxylic acids is 1. The third-order valence-corrected chi connectivity index (χ3v) is 5.68. The summed E-state index contributed by atoms with van der Waals surface area (Å²) in [6, 6.07) is 7.68.